The maximum absolute atomic E-state index is 11.8. The predicted octanol–water partition coefficient (Wildman–Crippen LogP) is 3.58. The molecule has 9 heteroatoms. The van der Waals surface area contributed by atoms with E-state index in [9.17, 15) is 9.59 Å². The van der Waals surface area contributed by atoms with Crippen LogP contribution in [0.15, 0.2) is 67.0 Å². The minimum absolute atomic E-state index is 0.157. The number of carbonyl (C=O) groups excluding carboxylic acids is 2. The van der Waals surface area contributed by atoms with Crippen molar-refractivity contribution in [3.8, 4) is 5.69 Å². The van der Waals surface area contributed by atoms with Crippen LogP contribution in [0.1, 0.15) is 46.7 Å². The number of benzene rings is 1. The van der Waals surface area contributed by atoms with Gasteiger partial charge >= 0.3 is 11.9 Å². The van der Waals surface area contributed by atoms with E-state index in [2.05, 4.69) is 25.8 Å². The van der Waals surface area contributed by atoms with E-state index in [-0.39, 0.29) is 24.0 Å². The Labute approximate surface area is 203 Å². The minimum atomic E-state index is -0.378. The van der Waals surface area contributed by atoms with Crippen LogP contribution in [0.25, 0.3) is 5.69 Å². The van der Waals surface area contributed by atoms with Crippen LogP contribution in [0.3, 0.4) is 0 Å². The summed E-state index contributed by atoms with van der Waals surface area (Å²) >= 11 is 5.71. The van der Waals surface area contributed by atoms with Crippen LogP contribution in [0.2, 0.25) is 0 Å². The van der Waals surface area contributed by atoms with Crippen molar-refractivity contribution in [2.75, 3.05) is 20.8 Å². The number of nitrogens with zero attached hydrogens (tertiary/aromatic N) is 3. The van der Waals surface area contributed by atoms with Gasteiger partial charge in [0.25, 0.3) is 0 Å². The Morgan fingerprint density at radius 1 is 1.06 bits per heavy atom. The first-order valence-electron chi connectivity index (χ1n) is 10.9. The number of ether oxygens (including phenoxy) is 2. The monoisotopic (exact) mass is 478 g/mol. The molecule has 1 aliphatic rings. The Morgan fingerprint density at radius 3 is 2.53 bits per heavy atom. The van der Waals surface area contributed by atoms with E-state index in [0.29, 0.717) is 30.1 Å². The fraction of sp³-hybridized carbons (Fsp3) is 0.280. The van der Waals surface area contributed by atoms with Gasteiger partial charge in [0.15, 0.2) is 5.11 Å². The SMILES string of the molecule is COC(=O)CCCN1C(=S)N[C@H](c2ccccn2)[C@H]1c1cccn1-c1ccc(C(=O)OC)cc1. The lowest BCUT2D eigenvalue weighted by molar-refractivity contribution is -0.140. The molecule has 1 aromatic carbocycles. The van der Waals surface area contributed by atoms with Gasteiger partial charge in [0.2, 0.25) is 0 Å². The lowest BCUT2D eigenvalue weighted by atomic mass is 10.0. The second-order valence-corrected chi connectivity index (χ2v) is 8.23. The van der Waals surface area contributed by atoms with Gasteiger partial charge in [0.1, 0.15) is 0 Å². The van der Waals surface area contributed by atoms with Gasteiger partial charge in [0.05, 0.1) is 37.6 Å². The first-order valence-corrected chi connectivity index (χ1v) is 11.3. The third-order valence-corrected chi connectivity index (χ3v) is 6.21. The van der Waals surface area contributed by atoms with Crippen LogP contribution < -0.4 is 5.32 Å². The maximum atomic E-state index is 11.8. The first-order chi connectivity index (χ1) is 16.5. The minimum Gasteiger partial charge on any atom is -0.469 e. The summed E-state index contributed by atoms with van der Waals surface area (Å²) in [5.41, 5.74) is 3.27. The first kappa shape index (κ1) is 23.4. The van der Waals surface area contributed by atoms with Crippen molar-refractivity contribution < 1.29 is 19.1 Å². The molecule has 1 aliphatic heterocycles. The van der Waals surface area contributed by atoms with E-state index >= 15 is 0 Å². The molecule has 0 aliphatic carbocycles. The zero-order valence-corrected chi connectivity index (χ0v) is 19.8. The normalized spacial score (nSPS) is 17.4. The summed E-state index contributed by atoms with van der Waals surface area (Å²) in [7, 11) is 2.76. The highest BCUT2D eigenvalue weighted by atomic mass is 32.1. The highest BCUT2D eigenvalue weighted by Crippen LogP contribution is 2.39. The van der Waals surface area contributed by atoms with Gasteiger partial charge in [-0.15, -0.1) is 0 Å². The van der Waals surface area contributed by atoms with Crippen molar-refractivity contribution >= 4 is 29.3 Å². The lowest BCUT2D eigenvalue weighted by Gasteiger charge is -2.29. The summed E-state index contributed by atoms with van der Waals surface area (Å²) in [5, 5.41) is 4.04. The summed E-state index contributed by atoms with van der Waals surface area (Å²) in [6, 6.07) is 16.8. The van der Waals surface area contributed by atoms with Crippen LogP contribution in [-0.2, 0) is 14.3 Å². The van der Waals surface area contributed by atoms with Gasteiger partial charge < -0.3 is 24.3 Å². The van der Waals surface area contributed by atoms with Gasteiger partial charge in [0, 0.05) is 36.7 Å². The van der Waals surface area contributed by atoms with Crippen LogP contribution in [-0.4, -0.2) is 52.3 Å². The molecule has 1 saturated heterocycles. The molecular formula is C25H26N4O4S. The zero-order chi connectivity index (χ0) is 24.1. The van der Waals surface area contributed by atoms with E-state index in [1.807, 2.05) is 42.6 Å². The molecule has 3 aromatic rings. The van der Waals surface area contributed by atoms with Crippen molar-refractivity contribution in [2.24, 2.45) is 0 Å². The summed E-state index contributed by atoms with van der Waals surface area (Å²) < 4.78 is 11.7. The van der Waals surface area contributed by atoms with E-state index in [4.69, 9.17) is 21.7 Å². The molecule has 2 aromatic heterocycles. The molecular weight excluding hydrogens is 452 g/mol. The lowest BCUT2D eigenvalue weighted by Crippen LogP contribution is -2.31. The number of esters is 2. The fourth-order valence-corrected chi connectivity index (χ4v) is 4.54. The molecule has 4 rings (SSSR count). The second kappa shape index (κ2) is 10.5. The third-order valence-electron chi connectivity index (χ3n) is 5.86. The van der Waals surface area contributed by atoms with Crippen LogP contribution in [0.5, 0.6) is 0 Å². The van der Waals surface area contributed by atoms with E-state index in [0.717, 1.165) is 17.1 Å². The van der Waals surface area contributed by atoms with E-state index < -0.39 is 0 Å². The molecule has 176 valence electrons. The Kier molecular flexibility index (Phi) is 7.22. The van der Waals surface area contributed by atoms with Crippen LogP contribution >= 0.6 is 12.2 Å². The van der Waals surface area contributed by atoms with E-state index in [1.165, 1.54) is 14.2 Å². The Morgan fingerprint density at radius 2 is 1.85 bits per heavy atom. The van der Waals surface area contributed by atoms with Crippen LogP contribution in [0.4, 0.5) is 0 Å². The molecule has 0 saturated carbocycles. The molecule has 0 unspecified atom stereocenters. The number of rotatable bonds is 8. The Balaban J connectivity index is 1.69. The third kappa shape index (κ3) is 4.79. The molecule has 1 fully saturated rings. The zero-order valence-electron chi connectivity index (χ0n) is 19.0. The smallest absolute Gasteiger partial charge is 0.337 e. The number of methoxy groups -OCH3 is 2. The molecule has 3 heterocycles. The number of pyridine rings is 1. The average molecular weight is 479 g/mol. The van der Waals surface area contributed by atoms with Gasteiger partial charge in [-0.2, -0.15) is 0 Å². The number of thiocarbonyl (C=S) groups is 1. The van der Waals surface area contributed by atoms with Gasteiger partial charge in [-0.3, -0.25) is 9.78 Å². The number of nitrogens with one attached hydrogen (secondary N) is 1. The summed E-state index contributed by atoms with van der Waals surface area (Å²) in [6.45, 7) is 0.585. The average Bonchev–Trinajstić information content (AvgIpc) is 3.48. The maximum Gasteiger partial charge on any atom is 0.337 e. The molecule has 0 spiro atoms. The number of carbonyl (C=O) groups is 2. The van der Waals surface area contributed by atoms with Gasteiger partial charge in [-0.25, -0.2) is 4.79 Å². The molecule has 8 nitrogen and oxygen atoms in total. The number of hydrogen-bond donors (Lipinski definition) is 1. The molecule has 0 radical (unpaired) electrons. The quantitative estimate of drug-likeness (QED) is 0.388. The standard InChI is InChI=1S/C25H26N4O4S/c1-32-21(30)9-6-16-29-23(22(27-25(29)34)19-7-3-4-14-26-19)20-8-5-15-28(20)18-12-10-17(11-13-18)24(31)33-2/h3-5,7-8,10-15,22-23H,6,9,16H2,1-2H3,(H,27,34)/t22-,23-/m1/s1. The van der Waals surface area contributed by atoms with Crippen molar-refractivity contribution in [2.45, 2.75) is 24.9 Å². The van der Waals surface area contributed by atoms with Gasteiger partial charge in [-0.05, 0) is 67.2 Å². The fourth-order valence-electron chi connectivity index (χ4n) is 4.21. The highest BCUT2D eigenvalue weighted by Gasteiger charge is 2.41. The van der Waals surface area contributed by atoms with Crippen molar-refractivity contribution in [1.29, 1.82) is 0 Å². The Hall–Kier alpha value is -3.72. The molecule has 0 bridgehead atoms. The van der Waals surface area contributed by atoms with E-state index in [1.54, 1.807) is 18.3 Å². The highest BCUT2D eigenvalue weighted by molar-refractivity contribution is 7.80. The summed E-state index contributed by atoms with van der Waals surface area (Å²) in [5.74, 6) is -0.624. The number of aromatic nitrogens is 2. The predicted molar refractivity (Wildman–Crippen MR) is 131 cm³/mol. The van der Waals surface area contributed by atoms with Crippen molar-refractivity contribution in [3.63, 3.8) is 0 Å². The van der Waals surface area contributed by atoms with Crippen molar-refractivity contribution in [3.05, 3.63) is 83.9 Å². The van der Waals surface area contributed by atoms with Crippen LogP contribution in [0, 0.1) is 0 Å². The second-order valence-electron chi connectivity index (χ2n) is 7.84. The summed E-state index contributed by atoms with van der Waals surface area (Å²) in [4.78, 5) is 30.2. The topological polar surface area (TPSA) is 85.7 Å². The molecule has 1 N–H and O–H groups in total. The molecule has 0 amide bonds. The summed E-state index contributed by atoms with van der Waals surface area (Å²) in [6.07, 6.45) is 4.66. The molecule has 34 heavy (non-hydrogen) atoms. The largest absolute Gasteiger partial charge is 0.469 e. The van der Waals surface area contributed by atoms with Crippen molar-refractivity contribution in [1.82, 2.24) is 19.8 Å². The molecule has 2 atom stereocenters. The Bertz CT molecular complexity index is 1160. The number of hydrogen-bond acceptors (Lipinski definition) is 6. The van der Waals surface area contributed by atoms with Gasteiger partial charge in [-0.1, -0.05) is 6.07 Å².